The summed E-state index contributed by atoms with van der Waals surface area (Å²) in [5, 5.41) is 1.50. The highest BCUT2D eigenvalue weighted by Crippen LogP contribution is 2.36. The topological polar surface area (TPSA) is 72.0 Å². The number of hydroxylamine groups is 1. The number of benzene rings is 2. The van der Waals surface area contributed by atoms with Crippen LogP contribution in [0.1, 0.15) is 58.2 Å². The van der Waals surface area contributed by atoms with Crippen LogP contribution in [-0.2, 0) is 11.3 Å². The number of pyridine rings is 1. The summed E-state index contributed by atoms with van der Waals surface area (Å²) in [6, 6.07) is 16.5. The molecule has 0 unspecified atom stereocenters. The van der Waals surface area contributed by atoms with Crippen LogP contribution in [0.4, 0.5) is 10.1 Å². The van der Waals surface area contributed by atoms with Crippen molar-refractivity contribution >= 4 is 17.6 Å². The molecular weight excluding hydrogens is 461 g/mol. The van der Waals surface area contributed by atoms with Crippen molar-refractivity contribution in [1.29, 1.82) is 0 Å². The number of carbonyl (C=O) groups is 2. The Balaban J connectivity index is 1.52. The average molecular weight is 490 g/mol. The summed E-state index contributed by atoms with van der Waals surface area (Å²) in [5.41, 5.74) is 2.71. The molecule has 5 rings (SSSR count). The Bertz CT molecular complexity index is 1240. The van der Waals surface area contributed by atoms with E-state index in [4.69, 9.17) is 9.57 Å². The van der Waals surface area contributed by atoms with Crippen LogP contribution < -0.4 is 9.80 Å². The molecule has 1 aromatic heterocycles. The summed E-state index contributed by atoms with van der Waals surface area (Å²) < 4.78 is 19.4. The fraction of sp³-hybridized carbons (Fsp3) is 0.321. The first-order chi connectivity index (χ1) is 17.5. The summed E-state index contributed by atoms with van der Waals surface area (Å²) in [7, 11) is 0. The molecule has 0 aliphatic carbocycles. The molecule has 8 heteroatoms. The number of likely N-dealkylation sites (tertiary alicyclic amines) is 1. The minimum Gasteiger partial charge on any atom is -0.474 e. The SMILES string of the molecule is C[C@H]1COc2nc(C(=O)N3CCCCC3)c(Cc3ccc(F)cc3)cc2N1OC(=O)c1ccccc1. The van der Waals surface area contributed by atoms with Crippen LogP contribution in [0.3, 0.4) is 0 Å². The molecule has 36 heavy (non-hydrogen) atoms. The summed E-state index contributed by atoms with van der Waals surface area (Å²) in [6.45, 7) is 3.50. The number of amides is 1. The van der Waals surface area contributed by atoms with E-state index in [-0.39, 0.29) is 30.3 Å². The highest BCUT2D eigenvalue weighted by molar-refractivity contribution is 5.95. The highest BCUT2D eigenvalue weighted by atomic mass is 19.1. The van der Waals surface area contributed by atoms with Crippen molar-refractivity contribution in [2.75, 3.05) is 24.8 Å². The normalized spacial score (nSPS) is 17.2. The molecule has 7 nitrogen and oxygen atoms in total. The molecule has 1 saturated heterocycles. The molecule has 0 radical (unpaired) electrons. The van der Waals surface area contributed by atoms with Gasteiger partial charge in [0.15, 0.2) is 0 Å². The number of anilines is 1. The first-order valence-corrected chi connectivity index (χ1v) is 12.3. The third kappa shape index (κ3) is 5.03. The van der Waals surface area contributed by atoms with Gasteiger partial charge in [-0.15, -0.1) is 0 Å². The summed E-state index contributed by atoms with van der Waals surface area (Å²) in [5.74, 6) is -0.723. The van der Waals surface area contributed by atoms with Crippen LogP contribution in [0.15, 0.2) is 60.7 Å². The number of ether oxygens (including phenoxy) is 1. The molecular formula is C28H28FN3O4. The molecule has 2 aromatic carbocycles. The van der Waals surface area contributed by atoms with Gasteiger partial charge in [-0.1, -0.05) is 30.3 Å². The van der Waals surface area contributed by atoms with Crippen molar-refractivity contribution in [2.24, 2.45) is 0 Å². The van der Waals surface area contributed by atoms with E-state index in [2.05, 4.69) is 4.98 Å². The molecule has 0 spiro atoms. The number of hydrogen-bond acceptors (Lipinski definition) is 6. The maximum absolute atomic E-state index is 13.5. The second kappa shape index (κ2) is 10.4. The maximum Gasteiger partial charge on any atom is 0.363 e. The standard InChI is InChI=1S/C28H28FN3O4/c1-19-18-35-26-24(32(19)36-28(34)21-8-4-2-5-9-21)17-22(16-20-10-12-23(29)13-11-20)25(30-26)27(33)31-14-6-3-7-15-31/h2,4-5,8-13,17,19H,3,6-7,14-16,18H2,1H3/t19-/m0/s1. The van der Waals surface area contributed by atoms with Gasteiger partial charge in [0.2, 0.25) is 5.88 Å². The van der Waals surface area contributed by atoms with E-state index >= 15 is 0 Å². The third-order valence-corrected chi connectivity index (χ3v) is 6.49. The number of piperidine rings is 1. The van der Waals surface area contributed by atoms with Gasteiger partial charge in [-0.05, 0) is 74.1 Å². The zero-order valence-corrected chi connectivity index (χ0v) is 20.2. The molecule has 3 aromatic rings. The quantitative estimate of drug-likeness (QED) is 0.513. The van der Waals surface area contributed by atoms with Gasteiger partial charge in [0, 0.05) is 13.1 Å². The van der Waals surface area contributed by atoms with E-state index < -0.39 is 5.97 Å². The predicted molar refractivity (Wildman–Crippen MR) is 132 cm³/mol. The Kier molecular flexibility index (Phi) is 6.84. The smallest absolute Gasteiger partial charge is 0.363 e. The van der Waals surface area contributed by atoms with E-state index in [0.29, 0.717) is 42.0 Å². The Morgan fingerprint density at radius 3 is 2.50 bits per heavy atom. The van der Waals surface area contributed by atoms with Crippen molar-refractivity contribution in [3.05, 3.63) is 88.9 Å². The highest BCUT2D eigenvalue weighted by Gasteiger charge is 2.33. The Morgan fingerprint density at radius 2 is 1.78 bits per heavy atom. The molecule has 1 atom stereocenters. The predicted octanol–water partition coefficient (Wildman–Crippen LogP) is 4.80. The molecule has 186 valence electrons. The summed E-state index contributed by atoms with van der Waals surface area (Å²) >= 11 is 0. The number of carbonyl (C=O) groups excluding carboxylic acids is 2. The molecule has 1 amide bonds. The van der Waals surface area contributed by atoms with Crippen LogP contribution in [0.25, 0.3) is 0 Å². The Morgan fingerprint density at radius 1 is 1.06 bits per heavy atom. The number of halogens is 1. The van der Waals surface area contributed by atoms with Crippen molar-refractivity contribution in [2.45, 2.75) is 38.6 Å². The number of rotatable bonds is 5. The van der Waals surface area contributed by atoms with Crippen LogP contribution in [0.2, 0.25) is 0 Å². The van der Waals surface area contributed by atoms with Crippen LogP contribution in [0, 0.1) is 5.82 Å². The van der Waals surface area contributed by atoms with E-state index in [1.165, 1.54) is 17.2 Å². The van der Waals surface area contributed by atoms with E-state index in [1.54, 1.807) is 42.5 Å². The van der Waals surface area contributed by atoms with Crippen LogP contribution in [-0.4, -0.2) is 47.5 Å². The zero-order valence-electron chi connectivity index (χ0n) is 20.2. The van der Waals surface area contributed by atoms with Gasteiger partial charge < -0.3 is 14.5 Å². The van der Waals surface area contributed by atoms with Crippen molar-refractivity contribution in [3.8, 4) is 5.88 Å². The largest absolute Gasteiger partial charge is 0.474 e. The van der Waals surface area contributed by atoms with E-state index in [1.807, 2.05) is 17.9 Å². The molecule has 0 saturated carbocycles. The molecule has 2 aliphatic heterocycles. The van der Waals surface area contributed by atoms with Crippen LogP contribution in [0.5, 0.6) is 5.88 Å². The summed E-state index contributed by atoms with van der Waals surface area (Å²) in [6.07, 6.45) is 3.39. The second-order valence-corrected chi connectivity index (χ2v) is 9.21. The average Bonchev–Trinajstić information content (AvgIpc) is 2.92. The lowest BCUT2D eigenvalue weighted by Crippen LogP contribution is -2.43. The van der Waals surface area contributed by atoms with Crippen LogP contribution >= 0.6 is 0 Å². The monoisotopic (exact) mass is 489 g/mol. The summed E-state index contributed by atoms with van der Waals surface area (Å²) in [4.78, 5) is 38.6. The molecule has 2 aliphatic rings. The van der Waals surface area contributed by atoms with Crippen molar-refractivity contribution in [3.63, 3.8) is 0 Å². The van der Waals surface area contributed by atoms with Gasteiger partial charge in [0.05, 0.1) is 11.6 Å². The maximum atomic E-state index is 13.5. The van der Waals surface area contributed by atoms with Gasteiger partial charge in [0.25, 0.3) is 5.91 Å². The number of hydrogen-bond donors (Lipinski definition) is 0. The van der Waals surface area contributed by atoms with Gasteiger partial charge >= 0.3 is 5.97 Å². The van der Waals surface area contributed by atoms with Gasteiger partial charge in [-0.2, -0.15) is 5.06 Å². The lowest BCUT2D eigenvalue weighted by atomic mass is 10.0. The Labute approximate surface area is 209 Å². The molecule has 1 fully saturated rings. The van der Waals surface area contributed by atoms with E-state index in [0.717, 1.165) is 24.8 Å². The molecule has 0 bridgehead atoms. The minimum atomic E-state index is -0.496. The fourth-order valence-corrected chi connectivity index (χ4v) is 4.54. The number of fused-ring (bicyclic) bond motifs is 1. The van der Waals surface area contributed by atoms with Crippen molar-refractivity contribution in [1.82, 2.24) is 9.88 Å². The number of aromatic nitrogens is 1. The third-order valence-electron chi connectivity index (χ3n) is 6.49. The number of nitrogens with zero attached hydrogens (tertiary/aromatic N) is 3. The van der Waals surface area contributed by atoms with E-state index in [9.17, 15) is 14.0 Å². The van der Waals surface area contributed by atoms with Gasteiger partial charge in [-0.25, -0.2) is 14.2 Å². The van der Waals surface area contributed by atoms with Gasteiger partial charge in [-0.3, -0.25) is 4.79 Å². The lowest BCUT2D eigenvalue weighted by Gasteiger charge is -2.35. The van der Waals surface area contributed by atoms with Gasteiger partial charge in [0.1, 0.15) is 23.8 Å². The Hall–Kier alpha value is -3.94. The second-order valence-electron chi connectivity index (χ2n) is 9.21. The minimum absolute atomic E-state index is 0.148. The molecule has 0 N–H and O–H groups in total. The lowest BCUT2D eigenvalue weighted by molar-refractivity contribution is 0.0344. The zero-order chi connectivity index (χ0) is 25.1. The first kappa shape index (κ1) is 23.8. The first-order valence-electron chi connectivity index (χ1n) is 12.3. The molecule has 3 heterocycles. The fourth-order valence-electron chi connectivity index (χ4n) is 4.54. The van der Waals surface area contributed by atoms with Crippen molar-refractivity contribution < 1.29 is 23.6 Å².